The number of aliphatic hydroxyl groups excluding tert-OH is 1. The topological polar surface area (TPSA) is 70.3 Å². The molecule has 0 aliphatic rings. The Morgan fingerprint density at radius 2 is 2.24 bits per heavy atom. The summed E-state index contributed by atoms with van der Waals surface area (Å²) in [5.74, 6) is -0.386. The Balaban J connectivity index is 3.01. The lowest BCUT2D eigenvalue weighted by Crippen LogP contribution is -2.08. The number of aliphatic hydroxyl groups is 1. The molecule has 4 nitrogen and oxygen atoms in total. The lowest BCUT2D eigenvalue weighted by Gasteiger charge is -2.08. The molecule has 0 unspecified atom stereocenters. The molecular formula is C12H12ClNO3. The van der Waals surface area contributed by atoms with Crippen LogP contribution >= 0.6 is 11.6 Å². The molecule has 0 heterocycles. The monoisotopic (exact) mass is 253 g/mol. The van der Waals surface area contributed by atoms with Gasteiger partial charge in [-0.2, -0.15) is 5.26 Å². The van der Waals surface area contributed by atoms with Crippen molar-refractivity contribution in [2.24, 2.45) is 0 Å². The van der Waals surface area contributed by atoms with E-state index in [1.165, 1.54) is 6.07 Å². The quantitative estimate of drug-likeness (QED) is 0.831. The van der Waals surface area contributed by atoms with Gasteiger partial charge in [0.05, 0.1) is 31.3 Å². The number of hydrogen-bond acceptors (Lipinski definition) is 4. The van der Waals surface area contributed by atoms with Crippen molar-refractivity contribution in [1.82, 2.24) is 0 Å². The van der Waals surface area contributed by atoms with Crippen LogP contribution in [-0.4, -0.2) is 17.7 Å². The van der Waals surface area contributed by atoms with Crippen LogP contribution in [0.1, 0.15) is 23.6 Å². The molecular weight excluding hydrogens is 242 g/mol. The third-order valence-corrected chi connectivity index (χ3v) is 2.55. The van der Waals surface area contributed by atoms with Crippen LogP contribution in [0.4, 0.5) is 0 Å². The minimum atomic E-state index is -0.386. The van der Waals surface area contributed by atoms with Gasteiger partial charge >= 0.3 is 5.97 Å². The average Bonchev–Trinajstić information content (AvgIpc) is 2.31. The molecule has 0 aromatic heterocycles. The molecule has 90 valence electrons. The number of ether oxygens (including phenoxy) is 1. The summed E-state index contributed by atoms with van der Waals surface area (Å²) in [5.41, 5.74) is 1.31. The molecule has 1 aromatic rings. The predicted molar refractivity (Wildman–Crippen MR) is 62.4 cm³/mol. The van der Waals surface area contributed by atoms with Crippen molar-refractivity contribution in [2.75, 3.05) is 6.61 Å². The molecule has 5 heteroatoms. The zero-order chi connectivity index (χ0) is 12.8. The van der Waals surface area contributed by atoms with Crippen molar-refractivity contribution in [3.05, 3.63) is 33.8 Å². The highest BCUT2D eigenvalue weighted by atomic mass is 35.5. The van der Waals surface area contributed by atoms with Gasteiger partial charge in [-0.25, -0.2) is 0 Å². The van der Waals surface area contributed by atoms with E-state index in [1.807, 2.05) is 6.07 Å². The van der Waals surface area contributed by atoms with Crippen LogP contribution < -0.4 is 0 Å². The van der Waals surface area contributed by atoms with Crippen LogP contribution in [0.3, 0.4) is 0 Å². The van der Waals surface area contributed by atoms with Crippen LogP contribution in [0.25, 0.3) is 0 Å². The highest BCUT2D eigenvalue weighted by Gasteiger charge is 2.12. The second-order valence-corrected chi connectivity index (χ2v) is 3.76. The Bertz CT molecular complexity index is 466. The first kappa shape index (κ1) is 13.5. The largest absolute Gasteiger partial charge is 0.466 e. The first-order chi connectivity index (χ1) is 8.12. The van der Waals surface area contributed by atoms with E-state index in [9.17, 15) is 4.79 Å². The van der Waals surface area contributed by atoms with E-state index in [0.29, 0.717) is 28.3 Å². The molecule has 1 rings (SSSR count). The first-order valence-electron chi connectivity index (χ1n) is 5.10. The number of halogens is 1. The molecule has 1 aromatic carbocycles. The summed E-state index contributed by atoms with van der Waals surface area (Å²) in [5, 5.41) is 18.2. The zero-order valence-corrected chi connectivity index (χ0v) is 10.1. The van der Waals surface area contributed by atoms with Crippen molar-refractivity contribution in [1.29, 1.82) is 5.26 Å². The zero-order valence-electron chi connectivity index (χ0n) is 9.36. The highest BCUT2D eigenvalue weighted by Crippen LogP contribution is 2.22. The van der Waals surface area contributed by atoms with E-state index >= 15 is 0 Å². The number of hydrogen-bond donors (Lipinski definition) is 1. The lowest BCUT2D eigenvalue weighted by atomic mass is 10.0. The van der Waals surface area contributed by atoms with Gasteiger partial charge in [-0.3, -0.25) is 4.79 Å². The van der Waals surface area contributed by atoms with Gasteiger partial charge in [0.25, 0.3) is 0 Å². The van der Waals surface area contributed by atoms with Crippen molar-refractivity contribution in [3.63, 3.8) is 0 Å². The average molecular weight is 254 g/mol. The van der Waals surface area contributed by atoms with Crippen molar-refractivity contribution in [2.45, 2.75) is 20.0 Å². The van der Waals surface area contributed by atoms with Gasteiger partial charge in [0.1, 0.15) is 0 Å². The molecule has 0 radical (unpaired) electrons. The summed E-state index contributed by atoms with van der Waals surface area (Å²) in [7, 11) is 0. The van der Waals surface area contributed by atoms with Crippen LogP contribution in [0.15, 0.2) is 12.1 Å². The van der Waals surface area contributed by atoms with Crippen LogP contribution in [0.5, 0.6) is 0 Å². The second-order valence-electron chi connectivity index (χ2n) is 3.35. The number of carbonyl (C=O) groups is 1. The van der Waals surface area contributed by atoms with E-state index in [4.69, 9.17) is 26.7 Å². The second kappa shape index (κ2) is 6.24. The van der Waals surface area contributed by atoms with Crippen LogP contribution in [0, 0.1) is 11.3 Å². The standard InChI is InChI=1S/C12H12ClNO3/c1-2-17-12(16)5-8-3-10(7-15)9(6-14)4-11(8)13/h3-4,15H,2,5,7H2,1H3. The minimum Gasteiger partial charge on any atom is -0.466 e. The Kier molecular flexibility index (Phi) is 4.95. The van der Waals surface area contributed by atoms with Gasteiger partial charge < -0.3 is 9.84 Å². The molecule has 0 amide bonds. The normalized spacial score (nSPS) is 9.76. The summed E-state index contributed by atoms with van der Waals surface area (Å²) >= 11 is 5.94. The Morgan fingerprint density at radius 1 is 1.53 bits per heavy atom. The predicted octanol–water partition coefficient (Wildman–Crippen LogP) is 1.81. The number of esters is 1. The fourth-order valence-corrected chi connectivity index (χ4v) is 1.64. The Labute approximate surface area is 104 Å². The van der Waals surface area contributed by atoms with Crippen LogP contribution in [-0.2, 0) is 22.6 Å². The molecule has 1 N–H and O–H groups in total. The summed E-state index contributed by atoms with van der Waals surface area (Å²) in [6, 6.07) is 4.93. The Morgan fingerprint density at radius 3 is 2.76 bits per heavy atom. The summed E-state index contributed by atoms with van der Waals surface area (Å²) < 4.78 is 4.81. The number of carbonyl (C=O) groups excluding carboxylic acids is 1. The molecule has 17 heavy (non-hydrogen) atoms. The summed E-state index contributed by atoms with van der Waals surface area (Å²) in [4.78, 5) is 11.3. The molecule has 0 fully saturated rings. The SMILES string of the molecule is CCOC(=O)Cc1cc(CO)c(C#N)cc1Cl. The fourth-order valence-electron chi connectivity index (χ4n) is 1.41. The summed E-state index contributed by atoms with van der Waals surface area (Å²) in [6.07, 6.45) is 0.0331. The maximum Gasteiger partial charge on any atom is 0.310 e. The molecule has 0 atom stereocenters. The van der Waals surface area contributed by atoms with Gasteiger partial charge in [0.2, 0.25) is 0 Å². The molecule has 0 spiro atoms. The van der Waals surface area contributed by atoms with E-state index in [-0.39, 0.29) is 19.0 Å². The van der Waals surface area contributed by atoms with Gasteiger partial charge in [-0.05, 0) is 24.1 Å². The fraction of sp³-hybridized carbons (Fsp3) is 0.333. The van der Waals surface area contributed by atoms with E-state index in [1.54, 1.807) is 13.0 Å². The molecule has 0 saturated carbocycles. The molecule has 0 aliphatic heterocycles. The number of benzene rings is 1. The molecule has 0 bridgehead atoms. The molecule has 0 aliphatic carbocycles. The van der Waals surface area contributed by atoms with Crippen molar-refractivity contribution < 1.29 is 14.6 Å². The van der Waals surface area contributed by atoms with Gasteiger partial charge in [-0.1, -0.05) is 17.7 Å². The number of rotatable bonds is 4. The summed E-state index contributed by atoms with van der Waals surface area (Å²) in [6.45, 7) is 1.76. The van der Waals surface area contributed by atoms with Crippen LogP contribution in [0.2, 0.25) is 5.02 Å². The third kappa shape index (κ3) is 3.45. The van der Waals surface area contributed by atoms with Gasteiger partial charge in [0, 0.05) is 5.02 Å². The number of nitriles is 1. The first-order valence-corrected chi connectivity index (χ1v) is 5.48. The lowest BCUT2D eigenvalue weighted by molar-refractivity contribution is -0.142. The smallest absolute Gasteiger partial charge is 0.310 e. The van der Waals surface area contributed by atoms with Crippen molar-refractivity contribution >= 4 is 17.6 Å². The van der Waals surface area contributed by atoms with E-state index < -0.39 is 0 Å². The van der Waals surface area contributed by atoms with Gasteiger partial charge in [0.15, 0.2) is 0 Å². The molecule has 0 saturated heterocycles. The minimum absolute atomic E-state index is 0.0331. The Hall–Kier alpha value is -1.57. The third-order valence-electron chi connectivity index (χ3n) is 2.20. The maximum absolute atomic E-state index is 11.3. The number of nitrogens with zero attached hydrogens (tertiary/aromatic N) is 1. The highest BCUT2D eigenvalue weighted by molar-refractivity contribution is 6.31. The maximum atomic E-state index is 11.3. The van der Waals surface area contributed by atoms with E-state index in [2.05, 4.69) is 0 Å². The van der Waals surface area contributed by atoms with Crippen molar-refractivity contribution in [3.8, 4) is 6.07 Å². The van der Waals surface area contributed by atoms with Gasteiger partial charge in [-0.15, -0.1) is 0 Å². The van der Waals surface area contributed by atoms with E-state index in [0.717, 1.165) is 0 Å².